The van der Waals surface area contributed by atoms with Gasteiger partial charge in [0.1, 0.15) is 0 Å². The number of anilines is 1. The first kappa shape index (κ1) is 15.6. The van der Waals surface area contributed by atoms with Crippen molar-refractivity contribution in [3.63, 3.8) is 0 Å². The summed E-state index contributed by atoms with van der Waals surface area (Å²) in [5.41, 5.74) is 3.70. The number of carbonyl (C=O) groups excluding carboxylic acids is 1. The predicted molar refractivity (Wildman–Crippen MR) is 88.6 cm³/mol. The molecule has 0 heterocycles. The molecule has 0 aliphatic carbocycles. The Morgan fingerprint density at radius 2 is 2.00 bits per heavy atom. The van der Waals surface area contributed by atoms with Gasteiger partial charge in [-0.3, -0.25) is 0 Å². The normalized spacial score (nSPS) is 10.2. The Labute approximate surface area is 133 Å². The fraction of sp³-hybridized carbons (Fsp3) is 0.235. The van der Waals surface area contributed by atoms with Gasteiger partial charge in [-0.05, 0) is 43.2 Å². The minimum Gasteiger partial charge on any atom is -0.462 e. The van der Waals surface area contributed by atoms with Gasteiger partial charge in [-0.15, -0.1) is 0 Å². The van der Waals surface area contributed by atoms with E-state index in [1.165, 1.54) is 5.56 Å². The molecule has 0 aromatic heterocycles. The van der Waals surface area contributed by atoms with Crippen molar-refractivity contribution in [3.8, 4) is 0 Å². The number of nitrogens with one attached hydrogen (secondary N) is 1. The van der Waals surface area contributed by atoms with Gasteiger partial charge in [-0.1, -0.05) is 40.2 Å². The first-order valence-electron chi connectivity index (χ1n) is 6.87. The van der Waals surface area contributed by atoms with Crippen LogP contribution in [0, 0.1) is 6.92 Å². The third-order valence-corrected chi connectivity index (χ3v) is 4.02. The summed E-state index contributed by atoms with van der Waals surface area (Å²) in [4.78, 5) is 11.9. The molecule has 0 unspecified atom stereocenters. The molecular weight excluding hydrogens is 330 g/mol. The molecule has 0 saturated carbocycles. The summed E-state index contributed by atoms with van der Waals surface area (Å²) < 4.78 is 6.17. The van der Waals surface area contributed by atoms with Crippen LogP contribution >= 0.6 is 15.9 Å². The molecule has 0 aliphatic heterocycles. The van der Waals surface area contributed by atoms with Gasteiger partial charge in [-0.2, -0.15) is 0 Å². The highest BCUT2D eigenvalue weighted by Gasteiger charge is 2.11. The van der Waals surface area contributed by atoms with E-state index in [4.69, 9.17) is 4.74 Å². The Bertz CT molecular complexity index is 640. The van der Waals surface area contributed by atoms with Gasteiger partial charge in [0.05, 0.1) is 12.2 Å². The zero-order valence-electron chi connectivity index (χ0n) is 12.2. The van der Waals surface area contributed by atoms with E-state index in [0.717, 1.165) is 15.7 Å². The first-order chi connectivity index (χ1) is 10.1. The van der Waals surface area contributed by atoms with Crippen LogP contribution < -0.4 is 5.32 Å². The maximum absolute atomic E-state index is 11.9. The maximum Gasteiger partial charge on any atom is 0.340 e. The monoisotopic (exact) mass is 347 g/mol. The molecule has 2 aromatic rings. The highest BCUT2D eigenvalue weighted by molar-refractivity contribution is 9.10. The van der Waals surface area contributed by atoms with Crippen molar-refractivity contribution in [2.24, 2.45) is 0 Å². The molecule has 0 atom stereocenters. The summed E-state index contributed by atoms with van der Waals surface area (Å²) in [6, 6.07) is 13.6. The molecule has 0 radical (unpaired) electrons. The third-order valence-electron chi connectivity index (χ3n) is 3.13. The molecule has 4 heteroatoms. The van der Waals surface area contributed by atoms with Gasteiger partial charge >= 0.3 is 5.97 Å². The Balaban J connectivity index is 2.12. The number of esters is 1. The highest BCUT2D eigenvalue weighted by atomic mass is 79.9. The molecule has 0 aliphatic rings. The van der Waals surface area contributed by atoms with Crippen molar-refractivity contribution >= 4 is 27.6 Å². The molecule has 0 saturated heterocycles. The van der Waals surface area contributed by atoms with E-state index in [0.29, 0.717) is 18.7 Å². The van der Waals surface area contributed by atoms with Crippen LogP contribution in [-0.4, -0.2) is 12.6 Å². The van der Waals surface area contributed by atoms with E-state index in [1.54, 1.807) is 13.0 Å². The second-order valence-corrected chi connectivity index (χ2v) is 5.56. The van der Waals surface area contributed by atoms with Crippen LogP contribution in [0.15, 0.2) is 46.9 Å². The molecule has 110 valence electrons. The number of halogens is 1. The van der Waals surface area contributed by atoms with Crippen molar-refractivity contribution < 1.29 is 9.53 Å². The first-order valence-corrected chi connectivity index (χ1v) is 7.66. The topological polar surface area (TPSA) is 38.3 Å². The number of ether oxygens (including phenoxy) is 1. The van der Waals surface area contributed by atoms with Gasteiger partial charge in [0, 0.05) is 16.7 Å². The summed E-state index contributed by atoms with van der Waals surface area (Å²) >= 11 is 3.49. The van der Waals surface area contributed by atoms with E-state index < -0.39 is 0 Å². The molecule has 1 N–H and O–H groups in total. The van der Waals surface area contributed by atoms with Gasteiger partial charge in [0.15, 0.2) is 0 Å². The van der Waals surface area contributed by atoms with E-state index in [2.05, 4.69) is 40.3 Å². The van der Waals surface area contributed by atoms with Crippen molar-refractivity contribution in [3.05, 3.63) is 63.6 Å². The summed E-state index contributed by atoms with van der Waals surface area (Å²) in [6.07, 6.45) is 0. The zero-order chi connectivity index (χ0) is 15.2. The Kier molecular flexibility index (Phi) is 5.39. The van der Waals surface area contributed by atoms with E-state index >= 15 is 0 Å². The number of rotatable bonds is 5. The minimum atomic E-state index is -0.299. The number of para-hydroxylation sites is 1. The lowest BCUT2D eigenvalue weighted by Crippen LogP contribution is -2.09. The second-order valence-electron chi connectivity index (χ2n) is 4.70. The van der Waals surface area contributed by atoms with Crippen molar-refractivity contribution in [1.82, 2.24) is 0 Å². The minimum absolute atomic E-state index is 0.299. The van der Waals surface area contributed by atoms with Crippen LogP contribution in [0.2, 0.25) is 0 Å². The van der Waals surface area contributed by atoms with Gasteiger partial charge in [0.2, 0.25) is 0 Å². The number of benzene rings is 2. The quantitative estimate of drug-likeness (QED) is 0.806. The average Bonchev–Trinajstić information content (AvgIpc) is 2.49. The number of aryl methyl sites for hydroxylation is 1. The van der Waals surface area contributed by atoms with E-state index in [-0.39, 0.29) is 5.97 Å². The van der Waals surface area contributed by atoms with Crippen LogP contribution in [0.1, 0.15) is 28.4 Å². The molecule has 2 rings (SSSR count). The summed E-state index contributed by atoms with van der Waals surface area (Å²) in [6.45, 7) is 4.89. The third kappa shape index (κ3) is 4.08. The summed E-state index contributed by atoms with van der Waals surface area (Å²) in [5.74, 6) is -0.299. The summed E-state index contributed by atoms with van der Waals surface area (Å²) in [5, 5.41) is 3.30. The average molecular weight is 348 g/mol. The lowest BCUT2D eigenvalue weighted by Gasteiger charge is -2.12. The van der Waals surface area contributed by atoms with Crippen LogP contribution in [0.3, 0.4) is 0 Å². The zero-order valence-corrected chi connectivity index (χ0v) is 13.7. The van der Waals surface area contributed by atoms with Crippen molar-refractivity contribution in [1.29, 1.82) is 0 Å². The molecule has 0 fully saturated rings. The molecular formula is C17H18BrNO2. The highest BCUT2D eigenvalue weighted by Crippen LogP contribution is 2.20. The van der Waals surface area contributed by atoms with Gasteiger partial charge in [-0.25, -0.2) is 4.79 Å². The number of hydrogen-bond acceptors (Lipinski definition) is 3. The van der Waals surface area contributed by atoms with Crippen LogP contribution in [-0.2, 0) is 11.3 Å². The van der Waals surface area contributed by atoms with Gasteiger partial charge < -0.3 is 10.1 Å². The van der Waals surface area contributed by atoms with Crippen LogP contribution in [0.25, 0.3) is 0 Å². The fourth-order valence-corrected chi connectivity index (χ4v) is 2.28. The van der Waals surface area contributed by atoms with Crippen molar-refractivity contribution in [2.75, 3.05) is 11.9 Å². The van der Waals surface area contributed by atoms with Crippen LogP contribution in [0.5, 0.6) is 0 Å². The molecule has 3 nitrogen and oxygen atoms in total. The number of hydrogen-bond donors (Lipinski definition) is 1. The molecule has 0 amide bonds. The Morgan fingerprint density at radius 3 is 2.71 bits per heavy atom. The molecule has 2 aromatic carbocycles. The smallest absolute Gasteiger partial charge is 0.340 e. The van der Waals surface area contributed by atoms with Crippen molar-refractivity contribution in [2.45, 2.75) is 20.4 Å². The standard InChI is InChI=1S/C17H18BrNO2/c1-3-21-17(20)14-6-4-5-7-16(14)19-11-13-8-9-15(18)12(2)10-13/h4-10,19H,3,11H2,1-2H3. The number of carbonyl (C=O) groups is 1. The largest absolute Gasteiger partial charge is 0.462 e. The van der Waals surface area contributed by atoms with E-state index in [9.17, 15) is 4.79 Å². The fourth-order valence-electron chi connectivity index (χ4n) is 2.04. The Hall–Kier alpha value is -1.81. The predicted octanol–water partition coefficient (Wildman–Crippen LogP) is 4.55. The maximum atomic E-state index is 11.9. The molecule has 21 heavy (non-hydrogen) atoms. The lowest BCUT2D eigenvalue weighted by molar-refractivity contribution is 0.0527. The molecule has 0 bridgehead atoms. The lowest BCUT2D eigenvalue weighted by atomic mass is 10.1. The SMILES string of the molecule is CCOC(=O)c1ccccc1NCc1ccc(Br)c(C)c1. The second kappa shape index (κ2) is 7.27. The van der Waals surface area contributed by atoms with Gasteiger partial charge in [0.25, 0.3) is 0 Å². The molecule has 0 spiro atoms. The summed E-state index contributed by atoms with van der Waals surface area (Å²) in [7, 11) is 0. The van der Waals surface area contributed by atoms with E-state index in [1.807, 2.05) is 24.3 Å². The van der Waals surface area contributed by atoms with Crippen LogP contribution in [0.4, 0.5) is 5.69 Å². The Morgan fingerprint density at radius 1 is 1.24 bits per heavy atom.